The van der Waals surface area contributed by atoms with E-state index in [2.05, 4.69) is 38.1 Å². The Bertz CT molecular complexity index is 533. The lowest BCUT2D eigenvalue weighted by atomic mass is 10.0. The first kappa shape index (κ1) is 14.4. The molecule has 0 aliphatic rings. The van der Waals surface area contributed by atoms with Crippen molar-refractivity contribution in [3.05, 3.63) is 57.5 Å². The molecule has 0 aliphatic carbocycles. The van der Waals surface area contributed by atoms with Gasteiger partial charge in [-0.3, -0.25) is 0 Å². The lowest BCUT2D eigenvalue weighted by Gasteiger charge is -2.20. The second-order valence-corrected chi connectivity index (χ2v) is 5.52. The van der Waals surface area contributed by atoms with E-state index in [0.717, 1.165) is 28.6 Å². The van der Waals surface area contributed by atoms with Gasteiger partial charge < -0.3 is 5.32 Å². The van der Waals surface area contributed by atoms with Crippen LogP contribution in [-0.4, -0.2) is 16.5 Å². The first-order chi connectivity index (χ1) is 9.22. The van der Waals surface area contributed by atoms with Gasteiger partial charge in [-0.05, 0) is 30.7 Å². The molecule has 1 unspecified atom stereocenters. The highest BCUT2D eigenvalue weighted by Crippen LogP contribution is 2.30. The molecule has 0 saturated heterocycles. The van der Waals surface area contributed by atoms with Gasteiger partial charge >= 0.3 is 0 Å². The van der Waals surface area contributed by atoms with Crippen molar-refractivity contribution in [3.8, 4) is 0 Å². The van der Waals surface area contributed by atoms with Gasteiger partial charge in [0.1, 0.15) is 6.33 Å². The molecule has 1 N–H and O–H groups in total. The molecule has 1 atom stereocenters. The van der Waals surface area contributed by atoms with Crippen molar-refractivity contribution < 1.29 is 0 Å². The van der Waals surface area contributed by atoms with Crippen LogP contribution >= 0.6 is 27.5 Å². The van der Waals surface area contributed by atoms with Gasteiger partial charge in [-0.1, -0.05) is 40.5 Å². The fourth-order valence-electron chi connectivity index (χ4n) is 1.89. The van der Waals surface area contributed by atoms with E-state index in [1.54, 1.807) is 0 Å². The number of hydrogen-bond acceptors (Lipinski definition) is 3. The smallest absolute Gasteiger partial charge is 0.115 e. The molecule has 5 heteroatoms. The Balaban J connectivity index is 2.37. The van der Waals surface area contributed by atoms with Crippen LogP contribution in [-0.2, 0) is 0 Å². The molecule has 2 aromatic rings. The summed E-state index contributed by atoms with van der Waals surface area (Å²) < 4.78 is 0.984. The summed E-state index contributed by atoms with van der Waals surface area (Å²) in [4.78, 5) is 8.19. The number of halogens is 2. The Kier molecular flexibility index (Phi) is 5.31. The predicted molar refractivity (Wildman–Crippen MR) is 81.3 cm³/mol. The average molecular weight is 341 g/mol. The topological polar surface area (TPSA) is 37.8 Å². The Morgan fingerprint density at radius 2 is 2.05 bits per heavy atom. The highest BCUT2D eigenvalue weighted by atomic mass is 79.9. The van der Waals surface area contributed by atoms with E-state index in [0.29, 0.717) is 5.02 Å². The number of aromatic nitrogens is 2. The summed E-state index contributed by atoms with van der Waals surface area (Å²) in [5.74, 6) is 0. The average Bonchev–Trinajstić information content (AvgIpc) is 2.42. The second kappa shape index (κ2) is 6.98. The normalized spacial score (nSPS) is 12.4. The molecular weight excluding hydrogens is 326 g/mol. The predicted octanol–water partition coefficient (Wildman–Crippen LogP) is 3.98. The molecule has 100 valence electrons. The lowest BCUT2D eigenvalue weighted by Crippen LogP contribution is -2.23. The number of benzene rings is 1. The molecule has 1 aromatic carbocycles. The standard InChI is InChI=1S/C14H15BrClN3/c1-2-5-19-14(10-7-17-9-18-8-10)12-4-3-11(16)6-13(12)15/h3-4,6-9,14,19H,2,5H2,1H3. The monoisotopic (exact) mass is 339 g/mol. The van der Waals surface area contributed by atoms with E-state index < -0.39 is 0 Å². The van der Waals surface area contributed by atoms with Gasteiger partial charge in [-0.25, -0.2) is 9.97 Å². The van der Waals surface area contributed by atoms with Crippen LogP contribution in [0.5, 0.6) is 0 Å². The van der Waals surface area contributed by atoms with Gasteiger partial charge in [0.25, 0.3) is 0 Å². The summed E-state index contributed by atoms with van der Waals surface area (Å²) in [7, 11) is 0. The molecule has 0 saturated carbocycles. The molecule has 0 radical (unpaired) electrons. The molecule has 0 amide bonds. The maximum atomic E-state index is 6.00. The zero-order valence-electron chi connectivity index (χ0n) is 10.6. The van der Waals surface area contributed by atoms with Crippen molar-refractivity contribution in [1.29, 1.82) is 0 Å². The second-order valence-electron chi connectivity index (χ2n) is 4.22. The first-order valence-electron chi connectivity index (χ1n) is 6.15. The molecule has 1 aromatic heterocycles. The molecule has 0 fully saturated rings. The van der Waals surface area contributed by atoms with Crippen LogP contribution in [0.1, 0.15) is 30.5 Å². The van der Waals surface area contributed by atoms with Gasteiger partial charge in [0.2, 0.25) is 0 Å². The van der Waals surface area contributed by atoms with Gasteiger partial charge in [-0.2, -0.15) is 0 Å². The van der Waals surface area contributed by atoms with Crippen LogP contribution in [0.3, 0.4) is 0 Å². The van der Waals surface area contributed by atoms with Crippen LogP contribution in [0.2, 0.25) is 5.02 Å². The van der Waals surface area contributed by atoms with Crippen LogP contribution < -0.4 is 5.32 Å². The first-order valence-corrected chi connectivity index (χ1v) is 7.32. The van der Waals surface area contributed by atoms with Crippen LogP contribution in [0, 0.1) is 0 Å². The Morgan fingerprint density at radius 1 is 1.32 bits per heavy atom. The summed E-state index contributed by atoms with van der Waals surface area (Å²) in [6.07, 6.45) is 6.27. The molecule has 3 nitrogen and oxygen atoms in total. The molecular formula is C14H15BrClN3. The van der Waals surface area contributed by atoms with Crippen molar-refractivity contribution in [2.24, 2.45) is 0 Å². The number of rotatable bonds is 5. The Hall–Kier alpha value is -0.970. The van der Waals surface area contributed by atoms with Gasteiger partial charge in [0.05, 0.1) is 6.04 Å². The van der Waals surface area contributed by atoms with Gasteiger partial charge in [-0.15, -0.1) is 0 Å². The molecule has 0 bridgehead atoms. The zero-order valence-corrected chi connectivity index (χ0v) is 12.9. The zero-order chi connectivity index (χ0) is 13.7. The molecule has 0 aliphatic heterocycles. The molecule has 19 heavy (non-hydrogen) atoms. The Morgan fingerprint density at radius 3 is 2.68 bits per heavy atom. The van der Waals surface area contributed by atoms with Crippen LogP contribution in [0.25, 0.3) is 0 Å². The van der Waals surface area contributed by atoms with Crippen molar-refractivity contribution >= 4 is 27.5 Å². The third-order valence-electron chi connectivity index (χ3n) is 2.79. The number of hydrogen-bond donors (Lipinski definition) is 1. The maximum Gasteiger partial charge on any atom is 0.115 e. The van der Waals surface area contributed by atoms with Crippen molar-refractivity contribution in [3.63, 3.8) is 0 Å². The minimum atomic E-state index is 0.0628. The van der Waals surface area contributed by atoms with Crippen LogP contribution in [0.4, 0.5) is 0 Å². The highest BCUT2D eigenvalue weighted by molar-refractivity contribution is 9.10. The quantitative estimate of drug-likeness (QED) is 0.894. The minimum Gasteiger partial charge on any atom is -0.306 e. The van der Waals surface area contributed by atoms with Crippen molar-refractivity contribution in [2.45, 2.75) is 19.4 Å². The maximum absolute atomic E-state index is 6.00. The van der Waals surface area contributed by atoms with E-state index in [9.17, 15) is 0 Å². The minimum absolute atomic E-state index is 0.0628. The van der Waals surface area contributed by atoms with E-state index >= 15 is 0 Å². The van der Waals surface area contributed by atoms with E-state index in [-0.39, 0.29) is 6.04 Å². The third-order valence-corrected chi connectivity index (χ3v) is 3.71. The van der Waals surface area contributed by atoms with Gasteiger partial charge in [0.15, 0.2) is 0 Å². The van der Waals surface area contributed by atoms with Crippen molar-refractivity contribution in [2.75, 3.05) is 6.54 Å². The largest absolute Gasteiger partial charge is 0.306 e. The summed E-state index contributed by atoms with van der Waals surface area (Å²) in [5, 5.41) is 4.23. The van der Waals surface area contributed by atoms with Gasteiger partial charge in [0, 0.05) is 27.5 Å². The Labute approximate surface area is 126 Å². The summed E-state index contributed by atoms with van der Waals surface area (Å²) in [5.41, 5.74) is 2.17. The highest BCUT2D eigenvalue weighted by Gasteiger charge is 2.16. The van der Waals surface area contributed by atoms with E-state index in [1.165, 1.54) is 6.33 Å². The van der Waals surface area contributed by atoms with Crippen molar-refractivity contribution in [1.82, 2.24) is 15.3 Å². The molecule has 2 rings (SSSR count). The van der Waals surface area contributed by atoms with Crippen LogP contribution in [0.15, 0.2) is 41.4 Å². The fourth-order valence-corrected chi connectivity index (χ4v) is 2.80. The summed E-state index contributed by atoms with van der Waals surface area (Å²) >= 11 is 9.57. The van der Waals surface area contributed by atoms with E-state index in [4.69, 9.17) is 11.6 Å². The fraction of sp³-hybridized carbons (Fsp3) is 0.286. The third kappa shape index (κ3) is 3.75. The number of nitrogens with one attached hydrogen (secondary N) is 1. The SMILES string of the molecule is CCCNC(c1cncnc1)c1ccc(Cl)cc1Br. The lowest BCUT2D eigenvalue weighted by molar-refractivity contribution is 0.593. The summed E-state index contributed by atoms with van der Waals surface area (Å²) in [6.45, 7) is 3.07. The number of nitrogens with zero attached hydrogens (tertiary/aromatic N) is 2. The molecule has 0 spiro atoms. The summed E-state index contributed by atoms with van der Waals surface area (Å²) in [6, 6.07) is 5.88. The molecule has 1 heterocycles. The van der Waals surface area contributed by atoms with E-state index in [1.807, 2.05) is 30.6 Å².